The van der Waals surface area contributed by atoms with Crippen molar-refractivity contribution < 1.29 is 14.4 Å². The minimum absolute atomic E-state index is 0. The van der Waals surface area contributed by atoms with Crippen molar-refractivity contribution in [2.75, 3.05) is 26.2 Å². The van der Waals surface area contributed by atoms with Crippen molar-refractivity contribution in [3.63, 3.8) is 0 Å². The molecule has 114 valence electrons. The molecule has 3 amide bonds. The van der Waals surface area contributed by atoms with Gasteiger partial charge in [-0.15, -0.1) is 12.4 Å². The highest BCUT2D eigenvalue weighted by Gasteiger charge is 2.27. The lowest BCUT2D eigenvalue weighted by Crippen LogP contribution is -2.37. The number of halogens is 1. The van der Waals surface area contributed by atoms with Crippen molar-refractivity contribution in [2.24, 2.45) is 5.92 Å². The fraction of sp³-hybridized carbons (Fsp3) is 0.769. The molecule has 0 radical (unpaired) electrons. The van der Waals surface area contributed by atoms with E-state index in [9.17, 15) is 14.4 Å². The van der Waals surface area contributed by atoms with Crippen molar-refractivity contribution in [3.05, 3.63) is 0 Å². The fourth-order valence-electron chi connectivity index (χ4n) is 2.11. The summed E-state index contributed by atoms with van der Waals surface area (Å²) in [5, 5.41) is 5.89. The van der Waals surface area contributed by atoms with Gasteiger partial charge in [0.2, 0.25) is 17.7 Å². The molecule has 0 aromatic heterocycles. The summed E-state index contributed by atoms with van der Waals surface area (Å²) in [6.07, 6.45) is 3.82. The maximum Gasteiger partial charge on any atom is 0.233 e. The van der Waals surface area contributed by atoms with E-state index in [1.807, 2.05) is 0 Å². The molecule has 1 heterocycles. The molecule has 0 atom stereocenters. The zero-order valence-electron chi connectivity index (χ0n) is 11.5. The Morgan fingerprint density at radius 2 is 1.85 bits per heavy atom. The van der Waals surface area contributed by atoms with Crippen LogP contribution in [-0.4, -0.2) is 48.8 Å². The topological polar surface area (TPSA) is 78.5 Å². The van der Waals surface area contributed by atoms with Crippen LogP contribution in [-0.2, 0) is 14.4 Å². The smallest absolute Gasteiger partial charge is 0.233 e. The van der Waals surface area contributed by atoms with Crippen LogP contribution in [0.5, 0.6) is 0 Å². The van der Waals surface area contributed by atoms with E-state index >= 15 is 0 Å². The summed E-state index contributed by atoms with van der Waals surface area (Å²) in [5.74, 6) is 0.546. The van der Waals surface area contributed by atoms with Crippen LogP contribution in [0.15, 0.2) is 0 Å². The molecule has 6 nitrogen and oxygen atoms in total. The molecule has 0 aromatic carbocycles. The Balaban J connectivity index is 0.00000200. The summed E-state index contributed by atoms with van der Waals surface area (Å²) in [4.78, 5) is 35.4. The van der Waals surface area contributed by atoms with Crippen LogP contribution < -0.4 is 10.6 Å². The maximum atomic E-state index is 11.4. The van der Waals surface area contributed by atoms with E-state index in [1.165, 1.54) is 17.7 Å². The second-order valence-corrected chi connectivity index (χ2v) is 5.22. The van der Waals surface area contributed by atoms with Gasteiger partial charge in [0.25, 0.3) is 0 Å². The first-order chi connectivity index (χ1) is 9.16. The molecule has 2 N–H and O–H groups in total. The van der Waals surface area contributed by atoms with Gasteiger partial charge in [0, 0.05) is 25.9 Å². The summed E-state index contributed by atoms with van der Waals surface area (Å²) >= 11 is 0. The van der Waals surface area contributed by atoms with Crippen LogP contribution in [0.25, 0.3) is 0 Å². The molecule has 7 heteroatoms. The third-order valence-corrected chi connectivity index (χ3v) is 3.45. The van der Waals surface area contributed by atoms with E-state index in [0.717, 1.165) is 12.5 Å². The van der Waals surface area contributed by atoms with Gasteiger partial charge in [-0.3, -0.25) is 19.3 Å². The number of hydrogen-bond donors (Lipinski definition) is 2. The van der Waals surface area contributed by atoms with Crippen molar-refractivity contribution in [1.29, 1.82) is 0 Å². The van der Waals surface area contributed by atoms with Crippen LogP contribution in [0, 0.1) is 5.92 Å². The lowest BCUT2D eigenvalue weighted by Gasteiger charge is -2.13. The van der Waals surface area contributed by atoms with E-state index in [2.05, 4.69) is 10.6 Å². The van der Waals surface area contributed by atoms with Gasteiger partial charge in [0.15, 0.2) is 0 Å². The minimum atomic E-state index is -0.0950. The molecule has 1 saturated heterocycles. The van der Waals surface area contributed by atoms with Crippen LogP contribution in [0.3, 0.4) is 0 Å². The van der Waals surface area contributed by atoms with E-state index in [4.69, 9.17) is 0 Å². The summed E-state index contributed by atoms with van der Waals surface area (Å²) in [6, 6.07) is 0. The molecule has 1 aliphatic heterocycles. The lowest BCUT2D eigenvalue weighted by atomic mass is 10.3. The summed E-state index contributed by atoms with van der Waals surface area (Å²) in [5.41, 5.74) is 0. The first-order valence-corrected chi connectivity index (χ1v) is 6.97. The monoisotopic (exact) mass is 303 g/mol. The molecule has 2 fully saturated rings. The number of likely N-dealkylation sites (tertiary alicyclic amines) is 1. The third-order valence-electron chi connectivity index (χ3n) is 3.45. The molecular formula is C13H22ClN3O3. The maximum absolute atomic E-state index is 11.4. The Hall–Kier alpha value is -1.14. The zero-order valence-corrected chi connectivity index (χ0v) is 12.3. The number of imide groups is 1. The van der Waals surface area contributed by atoms with Crippen LogP contribution >= 0.6 is 12.4 Å². The van der Waals surface area contributed by atoms with Gasteiger partial charge in [-0.2, -0.15) is 0 Å². The number of carbonyl (C=O) groups is 3. The number of amides is 3. The van der Waals surface area contributed by atoms with Gasteiger partial charge >= 0.3 is 0 Å². The molecule has 2 aliphatic rings. The normalized spacial score (nSPS) is 18.1. The molecule has 20 heavy (non-hydrogen) atoms. The number of nitrogens with one attached hydrogen (secondary N) is 2. The lowest BCUT2D eigenvalue weighted by molar-refractivity contribution is -0.138. The van der Waals surface area contributed by atoms with Gasteiger partial charge in [-0.05, 0) is 31.7 Å². The fourth-order valence-corrected chi connectivity index (χ4v) is 2.11. The largest absolute Gasteiger partial charge is 0.355 e. The average molecular weight is 304 g/mol. The van der Waals surface area contributed by atoms with E-state index < -0.39 is 0 Å². The molecule has 0 aromatic rings. The van der Waals surface area contributed by atoms with Crippen LogP contribution in [0.2, 0.25) is 0 Å². The molecule has 0 unspecified atom stereocenters. The van der Waals surface area contributed by atoms with Gasteiger partial charge < -0.3 is 10.6 Å². The number of carbonyl (C=O) groups excluding carboxylic acids is 3. The van der Waals surface area contributed by atoms with E-state index in [0.29, 0.717) is 38.9 Å². The molecule has 1 aliphatic carbocycles. The predicted molar refractivity (Wildman–Crippen MR) is 76.4 cm³/mol. The summed E-state index contributed by atoms with van der Waals surface area (Å²) < 4.78 is 0. The highest BCUT2D eigenvalue weighted by atomic mass is 35.5. The zero-order chi connectivity index (χ0) is 13.7. The van der Waals surface area contributed by atoms with E-state index in [-0.39, 0.29) is 30.1 Å². The minimum Gasteiger partial charge on any atom is -0.355 e. The number of rotatable bonds is 8. The molecule has 0 spiro atoms. The first-order valence-electron chi connectivity index (χ1n) is 6.97. The summed E-state index contributed by atoms with van der Waals surface area (Å²) in [6.45, 7) is 2.18. The average Bonchev–Trinajstić information content (AvgIpc) is 3.14. The van der Waals surface area contributed by atoms with Crippen LogP contribution in [0.4, 0.5) is 0 Å². The van der Waals surface area contributed by atoms with Gasteiger partial charge in [-0.25, -0.2) is 0 Å². The van der Waals surface area contributed by atoms with Crippen molar-refractivity contribution in [1.82, 2.24) is 15.5 Å². The van der Waals surface area contributed by atoms with Gasteiger partial charge in [-0.1, -0.05) is 0 Å². The van der Waals surface area contributed by atoms with Crippen molar-refractivity contribution in [3.8, 4) is 0 Å². The van der Waals surface area contributed by atoms with Gasteiger partial charge in [0.1, 0.15) is 0 Å². The SMILES string of the molecule is Cl.O=C(CNCC1CC1)NCCCN1C(=O)CCC1=O. The standard InChI is InChI=1S/C13H21N3O3.ClH/c17-11(9-14-8-10-2-3-10)15-6-1-7-16-12(18)4-5-13(16)19;/h10,14H,1-9H2,(H,15,17);1H. The Morgan fingerprint density at radius 1 is 1.20 bits per heavy atom. The highest BCUT2D eigenvalue weighted by molar-refractivity contribution is 6.01. The molecule has 0 bridgehead atoms. The number of hydrogen-bond acceptors (Lipinski definition) is 4. The predicted octanol–water partition coefficient (Wildman–Crippen LogP) is 0.0631. The number of nitrogens with zero attached hydrogens (tertiary/aromatic N) is 1. The second-order valence-electron chi connectivity index (χ2n) is 5.22. The van der Waals surface area contributed by atoms with Crippen molar-refractivity contribution >= 4 is 30.1 Å². The van der Waals surface area contributed by atoms with E-state index in [1.54, 1.807) is 0 Å². The Morgan fingerprint density at radius 3 is 2.45 bits per heavy atom. The molecule has 2 rings (SSSR count). The first kappa shape index (κ1) is 16.9. The Bertz CT molecular complexity index is 356. The second kappa shape index (κ2) is 8.21. The highest BCUT2D eigenvalue weighted by Crippen LogP contribution is 2.27. The van der Waals surface area contributed by atoms with Crippen molar-refractivity contribution in [2.45, 2.75) is 32.1 Å². The Kier molecular flexibility index (Phi) is 6.95. The molecule has 1 saturated carbocycles. The third kappa shape index (κ3) is 5.46. The quantitative estimate of drug-likeness (QED) is 0.491. The van der Waals surface area contributed by atoms with Crippen LogP contribution in [0.1, 0.15) is 32.1 Å². The Labute approximate surface area is 125 Å². The summed E-state index contributed by atoms with van der Waals surface area (Å²) in [7, 11) is 0. The van der Waals surface area contributed by atoms with Gasteiger partial charge in [0.05, 0.1) is 6.54 Å². The molecular weight excluding hydrogens is 282 g/mol.